The van der Waals surface area contributed by atoms with Crippen molar-refractivity contribution in [2.24, 2.45) is 0 Å². The monoisotopic (exact) mass is 432 g/mol. The SMILES string of the molecule is CCN(CC)c1ccc2nc3c(C(=O)O)c(-c4ccc(C)cc4)c(=O)c(OC)c-3oc2c1. The van der Waals surface area contributed by atoms with Gasteiger partial charge in [-0.1, -0.05) is 29.8 Å². The van der Waals surface area contributed by atoms with E-state index in [1.807, 2.05) is 31.2 Å². The lowest BCUT2D eigenvalue weighted by atomic mass is 9.94. The molecule has 2 aromatic rings. The molecule has 32 heavy (non-hydrogen) atoms. The van der Waals surface area contributed by atoms with Crippen LogP contribution in [0.15, 0.2) is 51.7 Å². The molecular formula is C25H24N2O5. The second-order valence-electron chi connectivity index (χ2n) is 7.50. The zero-order chi connectivity index (χ0) is 23.0. The first kappa shape index (κ1) is 21.4. The highest BCUT2D eigenvalue weighted by Crippen LogP contribution is 2.39. The molecule has 0 unspecified atom stereocenters. The van der Waals surface area contributed by atoms with Gasteiger partial charge in [-0.15, -0.1) is 0 Å². The molecule has 0 radical (unpaired) electrons. The molecule has 0 fully saturated rings. The molecule has 7 nitrogen and oxygen atoms in total. The molecule has 4 rings (SSSR count). The normalized spacial score (nSPS) is 11.1. The zero-order valence-corrected chi connectivity index (χ0v) is 18.4. The second kappa shape index (κ2) is 8.34. The van der Waals surface area contributed by atoms with Gasteiger partial charge in [-0.2, -0.15) is 0 Å². The van der Waals surface area contributed by atoms with E-state index >= 15 is 0 Å². The number of benzene rings is 3. The van der Waals surface area contributed by atoms with Gasteiger partial charge in [0, 0.05) is 24.8 Å². The fourth-order valence-corrected chi connectivity index (χ4v) is 3.95. The van der Waals surface area contributed by atoms with E-state index in [0.717, 1.165) is 24.3 Å². The summed E-state index contributed by atoms with van der Waals surface area (Å²) in [6.07, 6.45) is 0. The van der Waals surface area contributed by atoms with Gasteiger partial charge in [0.1, 0.15) is 16.8 Å². The summed E-state index contributed by atoms with van der Waals surface area (Å²) in [5, 5.41) is 10.1. The number of hydrogen-bond acceptors (Lipinski definition) is 6. The predicted octanol–water partition coefficient (Wildman–Crippen LogP) is 4.82. The fourth-order valence-electron chi connectivity index (χ4n) is 3.95. The Labute approximate surface area is 185 Å². The van der Waals surface area contributed by atoms with Gasteiger partial charge in [-0.3, -0.25) is 4.79 Å². The van der Waals surface area contributed by atoms with E-state index in [-0.39, 0.29) is 28.3 Å². The standard InChI is InChI=1S/C25H24N2O5/c1-5-27(6-2)16-11-12-17-18(13-16)32-23-21(26-17)20(25(29)30)19(22(28)24(23)31-4)15-9-7-14(3)8-10-15/h7-13H,5-6H2,1-4H3,(H,29,30). The molecule has 1 aliphatic heterocycles. The van der Waals surface area contributed by atoms with E-state index in [0.29, 0.717) is 16.7 Å². The van der Waals surface area contributed by atoms with Gasteiger partial charge in [0.05, 0.1) is 12.7 Å². The maximum absolute atomic E-state index is 13.3. The van der Waals surface area contributed by atoms with Gasteiger partial charge in [0.2, 0.25) is 11.2 Å². The number of anilines is 1. The Balaban J connectivity index is 2.10. The molecule has 1 aliphatic carbocycles. The molecule has 7 heteroatoms. The molecule has 0 saturated carbocycles. The van der Waals surface area contributed by atoms with Crippen molar-refractivity contribution in [1.29, 1.82) is 0 Å². The number of methoxy groups -OCH3 is 1. The topological polar surface area (TPSA) is 92.9 Å². The number of fused-ring (bicyclic) bond motifs is 2. The lowest BCUT2D eigenvalue weighted by Gasteiger charge is -2.21. The van der Waals surface area contributed by atoms with Crippen LogP contribution in [0.3, 0.4) is 0 Å². The van der Waals surface area contributed by atoms with Crippen LogP contribution in [0, 0.1) is 6.92 Å². The summed E-state index contributed by atoms with van der Waals surface area (Å²) in [5.74, 6) is -1.30. The van der Waals surface area contributed by atoms with Crippen molar-refractivity contribution in [2.45, 2.75) is 20.8 Å². The first-order chi connectivity index (χ1) is 15.4. The Morgan fingerprint density at radius 1 is 1.12 bits per heavy atom. The number of carbonyl (C=O) groups is 1. The van der Waals surface area contributed by atoms with Crippen LogP contribution in [0.4, 0.5) is 5.69 Å². The molecule has 0 amide bonds. The molecule has 0 atom stereocenters. The number of aromatic carboxylic acids is 1. The Morgan fingerprint density at radius 3 is 2.41 bits per heavy atom. The number of rotatable bonds is 6. The molecule has 2 aromatic carbocycles. The maximum Gasteiger partial charge on any atom is 0.338 e. The number of nitrogens with zero attached hydrogens (tertiary/aromatic N) is 2. The molecule has 2 aliphatic rings. The van der Waals surface area contributed by atoms with Crippen LogP contribution in [-0.2, 0) is 0 Å². The Kier molecular flexibility index (Phi) is 5.57. The van der Waals surface area contributed by atoms with E-state index in [4.69, 9.17) is 9.15 Å². The van der Waals surface area contributed by atoms with Crippen LogP contribution in [0.25, 0.3) is 33.7 Å². The van der Waals surface area contributed by atoms with E-state index in [1.165, 1.54) is 7.11 Å². The number of carboxylic acid groups (broad SMARTS) is 1. The van der Waals surface area contributed by atoms with Crippen molar-refractivity contribution in [3.05, 3.63) is 63.8 Å². The maximum atomic E-state index is 13.3. The summed E-state index contributed by atoms with van der Waals surface area (Å²) in [5.41, 5.74) is 2.72. The minimum atomic E-state index is -1.26. The molecule has 1 N–H and O–H groups in total. The summed E-state index contributed by atoms with van der Waals surface area (Å²) in [6.45, 7) is 7.67. The van der Waals surface area contributed by atoms with E-state index in [2.05, 4.69) is 23.7 Å². The van der Waals surface area contributed by atoms with Gasteiger partial charge in [-0.05, 0) is 38.5 Å². The average Bonchev–Trinajstić information content (AvgIpc) is 2.78. The minimum Gasteiger partial charge on any atom is -0.490 e. The highest BCUT2D eigenvalue weighted by Gasteiger charge is 2.31. The van der Waals surface area contributed by atoms with Crippen LogP contribution in [0.5, 0.6) is 5.75 Å². The summed E-state index contributed by atoms with van der Waals surface area (Å²) < 4.78 is 11.5. The van der Waals surface area contributed by atoms with Gasteiger partial charge < -0.3 is 19.2 Å². The summed E-state index contributed by atoms with van der Waals surface area (Å²) in [6, 6.07) is 12.6. The number of ether oxygens (including phenoxy) is 1. The molecule has 0 aromatic heterocycles. The largest absolute Gasteiger partial charge is 0.490 e. The molecule has 0 spiro atoms. The zero-order valence-electron chi connectivity index (χ0n) is 18.4. The van der Waals surface area contributed by atoms with E-state index in [1.54, 1.807) is 18.2 Å². The van der Waals surface area contributed by atoms with Gasteiger partial charge in [0.25, 0.3) is 0 Å². The van der Waals surface area contributed by atoms with E-state index in [9.17, 15) is 14.7 Å². The van der Waals surface area contributed by atoms with Crippen molar-refractivity contribution in [3.63, 3.8) is 0 Å². The summed E-state index contributed by atoms with van der Waals surface area (Å²) in [4.78, 5) is 32.4. The van der Waals surface area contributed by atoms with Crippen molar-refractivity contribution in [3.8, 4) is 28.3 Å². The Bertz CT molecular complexity index is 1340. The highest BCUT2D eigenvalue weighted by molar-refractivity contribution is 6.04. The third-order valence-corrected chi connectivity index (χ3v) is 5.62. The molecule has 0 bridgehead atoms. The highest BCUT2D eigenvalue weighted by atomic mass is 16.5. The van der Waals surface area contributed by atoms with Crippen LogP contribution in [0.1, 0.15) is 29.8 Å². The predicted molar refractivity (Wildman–Crippen MR) is 124 cm³/mol. The quantitative estimate of drug-likeness (QED) is 0.437. The lowest BCUT2D eigenvalue weighted by molar-refractivity contribution is 0.0698. The Morgan fingerprint density at radius 2 is 1.81 bits per heavy atom. The molecule has 164 valence electrons. The van der Waals surface area contributed by atoms with Crippen molar-refractivity contribution < 1.29 is 19.1 Å². The van der Waals surface area contributed by atoms with Crippen LogP contribution < -0.4 is 15.1 Å². The van der Waals surface area contributed by atoms with Crippen LogP contribution in [-0.4, -0.2) is 36.3 Å². The van der Waals surface area contributed by atoms with Crippen molar-refractivity contribution in [1.82, 2.24) is 4.98 Å². The Hall–Kier alpha value is -3.87. The summed E-state index contributed by atoms with van der Waals surface area (Å²) >= 11 is 0. The summed E-state index contributed by atoms with van der Waals surface area (Å²) in [7, 11) is 1.36. The number of aryl methyl sites for hydroxylation is 1. The molecule has 0 saturated heterocycles. The minimum absolute atomic E-state index is 0.0231. The van der Waals surface area contributed by atoms with Crippen molar-refractivity contribution >= 4 is 22.8 Å². The van der Waals surface area contributed by atoms with Gasteiger partial charge in [-0.25, -0.2) is 9.78 Å². The second-order valence-corrected chi connectivity index (χ2v) is 7.50. The molecular weight excluding hydrogens is 408 g/mol. The average molecular weight is 432 g/mol. The number of aromatic nitrogens is 1. The number of hydrogen-bond donors (Lipinski definition) is 1. The van der Waals surface area contributed by atoms with Gasteiger partial charge in [0.15, 0.2) is 11.3 Å². The number of carboxylic acids is 1. The lowest BCUT2D eigenvalue weighted by Crippen LogP contribution is -2.21. The van der Waals surface area contributed by atoms with Crippen molar-refractivity contribution in [2.75, 3.05) is 25.1 Å². The fraction of sp³-hybridized carbons (Fsp3) is 0.240. The smallest absolute Gasteiger partial charge is 0.338 e. The van der Waals surface area contributed by atoms with Crippen LogP contribution >= 0.6 is 0 Å². The van der Waals surface area contributed by atoms with Gasteiger partial charge >= 0.3 is 5.97 Å². The van der Waals surface area contributed by atoms with Crippen LogP contribution in [0.2, 0.25) is 0 Å². The third-order valence-electron chi connectivity index (χ3n) is 5.62. The molecule has 1 heterocycles. The van der Waals surface area contributed by atoms with E-state index < -0.39 is 11.4 Å². The first-order valence-corrected chi connectivity index (χ1v) is 10.4. The first-order valence-electron chi connectivity index (χ1n) is 10.4. The third kappa shape index (κ3) is 3.45.